The van der Waals surface area contributed by atoms with Crippen LogP contribution < -0.4 is 14.2 Å². The van der Waals surface area contributed by atoms with Gasteiger partial charge in [0.05, 0.1) is 24.3 Å². The topological polar surface area (TPSA) is 73.7 Å². The molecule has 4 rings (SSSR count). The molecule has 0 saturated heterocycles. The molecule has 0 spiro atoms. The number of hydrogen-bond donors (Lipinski definition) is 1. The summed E-state index contributed by atoms with van der Waals surface area (Å²) in [5.74, 6) is 2.21. The molecule has 0 aliphatic carbocycles. The van der Waals surface area contributed by atoms with Crippen LogP contribution in [-0.2, 0) is 0 Å². The molecule has 35 heavy (non-hydrogen) atoms. The van der Waals surface area contributed by atoms with E-state index in [4.69, 9.17) is 60.6 Å². The Kier molecular flexibility index (Phi) is 9.83. The van der Waals surface area contributed by atoms with Gasteiger partial charge in [-0.15, -0.1) is 0 Å². The third-order valence-corrected chi connectivity index (χ3v) is 5.70. The Morgan fingerprint density at radius 3 is 1.77 bits per heavy atom. The van der Waals surface area contributed by atoms with Gasteiger partial charge in [-0.3, -0.25) is 0 Å². The summed E-state index contributed by atoms with van der Waals surface area (Å²) in [6, 6.07) is 15.2. The van der Waals surface area contributed by atoms with Gasteiger partial charge in [0, 0.05) is 39.6 Å². The average Bonchev–Trinajstić information content (AvgIpc) is 2.87. The highest BCUT2D eigenvalue weighted by Gasteiger charge is 2.16. The smallest absolute Gasteiger partial charge is 0.146 e. The monoisotopic (exact) mass is 552 g/mol. The minimum atomic E-state index is -0.827. The first-order valence-corrected chi connectivity index (χ1v) is 11.6. The fourth-order valence-corrected chi connectivity index (χ4v) is 3.80. The summed E-state index contributed by atoms with van der Waals surface area (Å²) in [6.07, 6.45) is 3.73. The van der Waals surface area contributed by atoms with Crippen LogP contribution in [0.5, 0.6) is 23.0 Å². The van der Waals surface area contributed by atoms with Gasteiger partial charge >= 0.3 is 0 Å². The van der Waals surface area contributed by atoms with Crippen LogP contribution in [0.1, 0.15) is 17.2 Å². The molecule has 3 aromatic carbocycles. The highest BCUT2D eigenvalue weighted by atomic mass is 35.5. The van der Waals surface area contributed by atoms with E-state index in [0.29, 0.717) is 54.2 Å². The third kappa shape index (κ3) is 7.37. The fraction of sp³-hybridized carbons (Fsp3) is 0.120. The maximum Gasteiger partial charge on any atom is 0.146 e. The molecule has 0 radical (unpaired) electrons. The van der Waals surface area contributed by atoms with Crippen molar-refractivity contribution in [1.82, 2.24) is 9.97 Å². The zero-order chi connectivity index (χ0) is 25.4. The molecule has 0 bridgehead atoms. The number of methoxy groups -OCH3 is 2. The Bertz CT molecular complexity index is 1230. The standard InChI is InChI=1S/C13H14N2O3.C12H6Cl4O/c1-17-10-3-4-11(12(5-10)18-2)13(16)9-6-14-8-15-7-9;13-7-1-3-11(9(15)5-7)17-12-4-2-8(14)6-10(12)16/h3-8,13,16H,1-2H3;1-6H. The van der Waals surface area contributed by atoms with Crippen molar-refractivity contribution in [3.63, 3.8) is 0 Å². The Labute approximate surface area is 222 Å². The first-order valence-electron chi connectivity index (χ1n) is 10.0. The minimum absolute atomic E-state index is 0.420. The van der Waals surface area contributed by atoms with Gasteiger partial charge in [-0.25, -0.2) is 9.97 Å². The summed E-state index contributed by atoms with van der Waals surface area (Å²) in [7, 11) is 3.13. The number of ether oxygens (including phenoxy) is 3. The van der Waals surface area contributed by atoms with Gasteiger partial charge in [0.2, 0.25) is 0 Å². The summed E-state index contributed by atoms with van der Waals surface area (Å²) >= 11 is 23.5. The van der Waals surface area contributed by atoms with Crippen LogP contribution in [0.2, 0.25) is 20.1 Å². The molecule has 1 N–H and O–H groups in total. The zero-order valence-electron chi connectivity index (χ0n) is 18.6. The molecule has 1 atom stereocenters. The van der Waals surface area contributed by atoms with E-state index in [9.17, 15) is 5.11 Å². The largest absolute Gasteiger partial charge is 0.497 e. The maximum absolute atomic E-state index is 10.3. The van der Waals surface area contributed by atoms with Crippen molar-refractivity contribution in [3.8, 4) is 23.0 Å². The van der Waals surface area contributed by atoms with Crippen molar-refractivity contribution in [2.45, 2.75) is 6.10 Å². The zero-order valence-corrected chi connectivity index (χ0v) is 21.6. The maximum atomic E-state index is 10.3. The van der Waals surface area contributed by atoms with Gasteiger partial charge in [0.1, 0.15) is 35.4 Å². The van der Waals surface area contributed by atoms with Crippen LogP contribution in [0.4, 0.5) is 0 Å². The van der Waals surface area contributed by atoms with E-state index in [2.05, 4.69) is 9.97 Å². The van der Waals surface area contributed by atoms with Crippen molar-refractivity contribution >= 4 is 46.4 Å². The molecule has 0 amide bonds. The second-order valence-corrected chi connectivity index (χ2v) is 8.62. The van der Waals surface area contributed by atoms with E-state index in [1.807, 2.05) is 0 Å². The molecule has 1 heterocycles. The summed E-state index contributed by atoms with van der Waals surface area (Å²) in [5, 5.41) is 12.2. The molecule has 0 saturated carbocycles. The number of aromatic nitrogens is 2. The van der Waals surface area contributed by atoms with Gasteiger partial charge in [-0.2, -0.15) is 0 Å². The van der Waals surface area contributed by atoms with Crippen molar-refractivity contribution in [3.05, 3.63) is 105 Å². The van der Waals surface area contributed by atoms with E-state index in [-0.39, 0.29) is 0 Å². The molecule has 4 aromatic rings. The predicted octanol–water partition coefficient (Wildman–Crippen LogP) is 7.67. The van der Waals surface area contributed by atoms with Crippen LogP contribution in [0.3, 0.4) is 0 Å². The Balaban J connectivity index is 0.000000196. The lowest BCUT2D eigenvalue weighted by atomic mass is 10.0. The second-order valence-electron chi connectivity index (χ2n) is 6.93. The predicted molar refractivity (Wildman–Crippen MR) is 139 cm³/mol. The summed E-state index contributed by atoms with van der Waals surface area (Å²) in [5.41, 5.74) is 1.26. The summed E-state index contributed by atoms with van der Waals surface area (Å²) in [6.45, 7) is 0. The highest BCUT2D eigenvalue weighted by molar-refractivity contribution is 6.36. The van der Waals surface area contributed by atoms with Crippen LogP contribution in [0.15, 0.2) is 73.3 Å². The molecule has 182 valence electrons. The SMILES string of the molecule is COc1ccc(C(O)c2cncnc2)c(OC)c1.Clc1ccc(Oc2ccc(Cl)cc2Cl)c(Cl)c1. The minimum Gasteiger partial charge on any atom is -0.497 e. The molecular formula is C25H20Cl4N2O4. The van der Waals surface area contributed by atoms with Crippen molar-refractivity contribution in [2.75, 3.05) is 14.2 Å². The van der Waals surface area contributed by atoms with Gasteiger partial charge in [0.15, 0.2) is 0 Å². The van der Waals surface area contributed by atoms with E-state index in [0.717, 1.165) is 0 Å². The molecule has 1 unspecified atom stereocenters. The van der Waals surface area contributed by atoms with Crippen molar-refractivity contribution < 1.29 is 19.3 Å². The number of benzene rings is 3. The van der Waals surface area contributed by atoms with Crippen molar-refractivity contribution in [2.24, 2.45) is 0 Å². The number of hydrogen-bond acceptors (Lipinski definition) is 6. The number of halogens is 4. The lowest BCUT2D eigenvalue weighted by Gasteiger charge is -2.15. The van der Waals surface area contributed by atoms with Crippen LogP contribution in [-0.4, -0.2) is 29.3 Å². The van der Waals surface area contributed by atoms with Gasteiger partial charge in [-0.05, 0) is 48.5 Å². The number of aliphatic hydroxyl groups is 1. The Hall–Kier alpha value is -2.74. The number of nitrogens with zero attached hydrogens (tertiary/aromatic N) is 2. The van der Waals surface area contributed by atoms with Gasteiger partial charge in [-0.1, -0.05) is 46.4 Å². The van der Waals surface area contributed by atoms with Gasteiger partial charge < -0.3 is 19.3 Å². The van der Waals surface area contributed by atoms with Gasteiger partial charge in [0.25, 0.3) is 0 Å². The molecule has 10 heteroatoms. The first kappa shape index (κ1) is 26.9. The Morgan fingerprint density at radius 1 is 0.714 bits per heavy atom. The van der Waals surface area contributed by atoms with E-state index in [1.165, 1.54) is 6.33 Å². The van der Waals surface area contributed by atoms with Crippen LogP contribution in [0.25, 0.3) is 0 Å². The molecule has 0 aliphatic rings. The lowest BCUT2D eigenvalue weighted by Crippen LogP contribution is -2.03. The average molecular weight is 554 g/mol. The van der Waals surface area contributed by atoms with E-state index in [1.54, 1.807) is 81.2 Å². The van der Waals surface area contributed by atoms with E-state index < -0.39 is 6.10 Å². The number of aliphatic hydroxyl groups excluding tert-OH is 1. The molecule has 0 fully saturated rings. The first-order chi connectivity index (χ1) is 16.8. The third-order valence-electron chi connectivity index (χ3n) is 4.64. The fourth-order valence-electron chi connectivity index (χ4n) is 2.91. The highest BCUT2D eigenvalue weighted by Crippen LogP contribution is 2.36. The number of rotatable bonds is 6. The molecular weight excluding hydrogens is 534 g/mol. The molecule has 0 aliphatic heterocycles. The van der Waals surface area contributed by atoms with Crippen LogP contribution in [0, 0.1) is 0 Å². The summed E-state index contributed by atoms with van der Waals surface area (Å²) in [4.78, 5) is 7.77. The van der Waals surface area contributed by atoms with Crippen LogP contribution >= 0.6 is 46.4 Å². The van der Waals surface area contributed by atoms with E-state index >= 15 is 0 Å². The molecule has 6 nitrogen and oxygen atoms in total. The Morgan fingerprint density at radius 2 is 1.29 bits per heavy atom. The summed E-state index contributed by atoms with van der Waals surface area (Å²) < 4.78 is 15.9. The second kappa shape index (κ2) is 12.8. The van der Waals surface area contributed by atoms with Crippen molar-refractivity contribution in [1.29, 1.82) is 0 Å². The molecule has 1 aromatic heterocycles. The normalized spacial score (nSPS) is 11.2. The lowest BCUT2D eigenvalue weighted by molar-refractivity contribution is 0.213. The quantitative estimate of drug-likeness (QED) is 0.264.